The molecule has 3 amide bonds. The number of hydroxylamine groups is 2. The smallest absolute Gasteiger partial charge is 0.352 e. The molecular formula is C44H38F3N3O5. The Morgan fingerprint density at radius 3 is 1.16 bits per heavy atom. The quantitative estimate of drug-likeness (QED) is 0.0709. The molecule has 0 radical (unpaired) electrons. The van der Waals surface area contributed by atoms with Crippen LogP contribution in [0.3, 0.4) is 0 Å². The summed E-state index contributed by atoms with van der Waals surface area (Å²) < 4.78 is 38.0. The SMILES string of the molecule is CC(=O)NCc1ccc(-c2ccc(C(C(=O)NO)c3ccccc3)cc2)cc1.O=C(NO)C(c1ccccc1)c1ccc(-c2ccc(C(F)(F)F)cc2)cc1. The normalized spacial score (nSPS) is 12.0. The van der Waals surface area contributed by atoms with Crippen molar-refractivity contribution in [2.75, 3.05) is 0 Å². The first-order valence-corrected chi connectivity index (χ1v) is 17.2. The van der Waals surface area contributed by atoms with E-state index in [0.29, 0.717) is 23.2 Å². The van der Waals surface area contributed by atoms with Gasteiger partial charge in [0, 0.05) is 13.5 Å². The second-order valence-electron chi connectivity index (χ2n) is 12.6. The molecule has 0 aromatic heterocycles. The van der Waals surface area contributed by atoms with Gasteiger partial charge in [-0.1, -0.05) is 146 Å². The number of rotatable bonds is 10. The molecule has 6 aromatic rings. The van der Waals surface area contributed by atoms with Gasteiger partial charge in [-0.3, -0.25) is 24.8 Å². The van der Waals surface area contributed by atoms with Crippen LogP contribution in [0.25, 0.3) is 22.3 Å². The first-order chi connectivity index (χ1) is 26.5. The van der Waals surface area contributed by atoms with Gasteiger partial charge >= 0.3 is 6.18 Å². The lowest BCUT2D eigenvalue weighted by Crippen LogP contribution is -2.27. The highest BCUT2D eigenvalue weighted by Gasteiger charge is 2.30. The lowest BCUT2D eigenvalue weighted by Gasteiger charge is -2.16. The summed E-state index contributed by atoms with van der Waals surface area (Å²) in [5, 5.41) is 21.0. The number of nitrogens with one attached hydrogen (secondary N) is 3. The van der Waals surface area contributed by atoms with Gasteiger partial charge in [0.05, 0.1) is 17.4 Å². The summed E-state index contributed by atoms with van der Waals surface area (Å²) in [4.78, 5) is 35.4. The van der Waals surface area contributed by atoms with Gasteiger partial charge in [0.2, 0.25) is 5.91 Å². The number of amides is 3. The van der Waals surface area contributed by atoms with Crippen LogP contribution in [-0.2, 0) is 27.1 Å². The van der Waals surface area contributed by atoms with Crippen molar-refractivity contribution in [2.45, 2.75) is 31.5 Å². The maximum Gasteiger partial charge on any atom is 0.416 e. The summed E-state index contributed by atoms with van der Waals surface area (Å²) in [6.07, 6.45) is -4.37. The first kappa shape index (κ1) is 39.6. The molecule has 0 spiro atoms. The topological polar surface area (TPSA) is 128 Å². The minimum Gasteiger partial charge on any atom is -0.352 e. The Hall–Kier alpha value is -6.56. The van der Waals surface area contributed by atoms with Crippen LogP contribution in [0, 0.1) is 0 Å². The van der Waals surface area contributed by atoms with Gasteiger partial charge in [0.15, 0.2) is 0 Å². The summed E-state index contributed by atoms with van der Waals surface area (Å²) in [5.74, 6) is -2.37. The molecule has 2 atom stereocenters. The van der Waals surface area contributed by atoms with E-state index in [9.17, 15) is 27.6 Å². The number of hydrogen-bond donors (Lipinski definition) is 5. The maximum absolute atomic E-state index is 12.7. The summed E-state index contributed by atoms with van der Waals surface area (Å²) in [7, 11) is 0. The van der Waals surface area contributed by atoms with Crippen LogP contribution in [0.15, 0.2) is 158 Å². The molecule has 11 heteroatoms. The van der Waals surface area contributed by atoms with E-state index >= 15 is 0 Å². The Morgan fingerprint density at radius 1 is 0.509 bits per heavy atom. The van der Waals surface area contributed by atoms with Crippen molar-refractivity contribution in [3.8, 4) is 22.3 Å². The second-order valence-corrected chi connectivity index (χ2v) is 12.6. The van der Waals surface area contributed by atoms with Crippen molar-refractivity contribution in [1.82, 2.24) is 16.3 Å². The Balaban J connectivity index is 0.000000211. The highest BCUT2D eigenvalue weighted by molar-refractivity contribution is 5.87. The summed E-state index contributed by atoms with van der Waals surface area (Å²) >= 11 is 0. The Bertz CT molecular complexity index is 2160. The lowest BCUT2D eigenvalue weighted by molar-refractivity contribution is -0.137. The minimum atomic E-state index is -4.37. The van der Waals surface area contributed by atoms with E-state index in [4.69, 9.17) is 10.4 Å². The summed E-state index contributed by atoms with van der Waals surface area (Å²) in [5.41, 5.74) is 10.2. The fourth-order valence-corrected chi connectivity index (χ4v) is 6.04. The van der Waals surface area contributed by atoms with Gasteiger partial charge in [-0.05, 0) is 62.2 Å². The molecule has 2 unspecified atom stereocenters. The van der Waals surface area contributed by atoms with Crippen LogP contribution in [0.2, 0.25) is 0 Å². The molecule has 0 aliphatic carbocycles. The molecule has 0 fully saturated rings. The fraction of sp³-hybridized carbons (Fsp3) is 0.114. The largest absolute Gasteiger partial charge is 0.416 e. The molecule has 0 aliphatic rings. The third-order valence-electron chi connectivity index (χ3n) is 8.87. The lowest BCUT2D eigenvalue weighted by atomic mass is 9.89. The highest BCUT2D eigenvalue weighted by atomic mass is 19.4. The van der Waals surface area contributed by atoms with Crippen molar-refractivity contribution >= 4 is 17.7 Å². The third kappa shape index (κ3) is 10.5. The molecule has 0 saturated carbocycles. The predicted octanol–water partition coefficient (Wildman–Crippen LogP) is 8.64. The number of carbonyl (C=O) groups is 3. The van der Waals surface area contributed by atoms with E-state index in [0.717, 1.165) is 45.5 Å². The number of hydrogen-bond acceptors (Lipinski definition) is 5. The number of alkyl halides is 3. The zero-order valence-electron chi connectivity index (χ0n) is 29.6. The number of carbonyl (C=O) groups excluding carboxylic acids is 3. The molecule has 6 aromatic carbocycles. The van der Waals surface area contributed by atoms with E-state index in [1.54, 1.807) is 59.5 Å². The molecular weight excluding hydrogens is 707 g/mol. The van der Waals surface area contributed by atoms with Gasteiger partial charge in [0.1, 0.15) is 0 Å². The minimum absolute atomic E-state index is 0.0560. The van der Waals surface area contributed by atoms with Crippen LogP contribution in [0.4, 0.5) is 13.2 Å². The number of halogens is 3. The van der Waals surface area contributed by atoms with E-state index in [-0.39, 0.29) is 5.91 Å². The van der Waals surface area contributed by atoms with Crippen LogP contribution in [0.5, 0.6) is 0 Å². The van der Waals surface area contributed by atoms with Crippen LogP contribution in [0.1, 0.15) is 52.1 Å². The summed E-state index contributed by atoms with van der Waals surface area (Å²) in [6, 6.07) is 45.8. The average molecular weight is 746 g/mol. The Morgan fingerprint density at radius 2 is 0.836 bits per heavy atom. The van der Waals surface area contributed by atoms with Crippen LogP contribution in [-0.4, -0.2) is 28.1 Å². The van der Waals surface area contributed by atoms with Gasteiger partial charge in [-0.2, -0.15) is 13.2 Å². The zero-order chi connectivity index (χ0) is 39.4. The highest BCUT2D eigenvalue weighted by Crippen LogP contribution is 2.32. The Kier molecular flexibility index (Phi) is 13.3. The van der Waals surface area contributed by atoms with E-state index in [1.807, 2.05) is 84.9 Å². The second kappa shape index (κ2) is 18.5. The van der Waals surface area contributed by atoms with Crippen molar-refractivity contribution in [1.29, 1.82) is 0 Å². The van der Waals surface area contributed by atoms with Crippen LogP contribution >= 0.6 is 0 Å². The molecule has 0 aliphatic heterocycles. The van der Waals surface area contributed by atoms with Crippen molar-refractivity contribution in [3.63, 3.8) is 0 Å². The molecule has 280 valence electrons. The van der Waals surface area contributed by atoms with Crippen molar-refractivity contribution in [3.05, 3.63) is 191 Å². The third-order valence-corrected chi connectivity index (χ3v) is 8.87. The van der Waals surface area contributed by atoms with Gasteiger partial charge in [-0.15, -0.1) is 0 Å². The molecule has 5 N–H and O–H groups in total. The number of benzene rings is 6. The monoisotopic (exact) mass is 745 g/mol. The van der Waals surface area contributed by atoms with Gasteiger partial charge in [-0.25, -0.2) is 11.0 Å². The molecule has 0 heterocycles. The predicted molar refractivity (Wildman–Crippen MR) is 203 cm³/mol. The maximum atomic E-state index is 12.7. The van der Waals surface area contributed by atoms with E-state index < -0.39 is 35.4 Å². The molecule has 0 saturated heterocycles. The fourth-order valence-electron chi connectivity index (χ4n) is 6.04. The molecule has 8 nitrogen and oxygen atoms in total. The van der Waals surface area contributed by atoms with E-state index in [1.165, 1.54) is 19.1 Å². The van der Waals surface area contributed by atoms with Gasteiger partial charge < -0.3 is 5.32 Å². The van der Waals surface area contributed by atoms with Gasteiger partial charge in [0.25, 0.3) is 11.8 Å². The zero-order valence-corrected chi connectivity index (χ0v) is 29.6. The molecule has 0 bridgehead atoms. The van der Waals surface area contributed by atoms with Crippen molar-refractivity contribution < 1.29 is 38.0 Å². The average Bonchev–Trinajstić information content (AvgIpc) is 3.21. The first-order valence-electron chi connectivity index (χ1n) is 17.2. The Labute approximate surface area is 316 Å². The summed E-state index contributed by atoms with van der Waals surface area (Å²) in [6.45, 7) is 2.00. The van der Waals surface area contributed by atoms with E-state index in [2.05, 4.69) is 5.32 Å². The molecule has 6 rings (SSSR count). The van der Waals surface area contributed by atoms with Crippen LogP contribution < -0.4 is 16.3 Å². The van der Waals surface area contributed by atoms with Crippen molar-refractivity contribution in [2.24, 2.45) is 0 Å². The standard InChI is InChI=1S/C23H22N2O3.C21H16F3NO2/c1-16(26)24-15-17-7-9-18(10-8-17)19-11-13-21(14-12-19)22(23(27)25-28)20-5-3-2-4-6-20;22-21(23,24)18-12-10-15(11-13-18)14-6-8-17(9-7-14)19(20(26)25-27)16-4-2-1-3-5-16/h2-14,22,28H,15H2,1H3,(H,24,26)(H,25,27);1-13,19,27H,(H,25,26). The molecule has 55 heavy (non-hydrogen) atoms.